The fourth-order valence-electron chi connectivity index (χ4n) is 12.4. The fraction of sp³-hybridized carbons (Fsp3) is 0.944. The van der Waals surface area contributed by atoms with Gasteiger partial charge in [0, 0.05) is 24.0 Å². The number of rotatable bonds is 6. The lowest BCUT2D eigenvalue weighted by atomic mass is 9.33. The lowest BCUT2D eigenvalue weighted by molar-refractivity contribution is -0.330. The first-order chi connectivity index (χ1) is 21.1. The molecule has 0 aromatic rings. The highest BCUT2D eigenvalue weighted by Crippen LogP contribution is 2.75. The van der Waals surface area contributed by atoms with Gasteiger partial charge in [0.1, 0.15) is 24.4 Å². The van der Waals surface area contributed by atoms with E-state index >= 15 is 0 Å². The summed E-state index contributed by atoms with van der Waals surface area (Å²) >= 11 is 0. The highest BCUT2D eigenvalue weighted by Gasteiger charge is 2.70. The number of aliphatic hydroxyl groups excluding tert-OH is 7. The molecular formula is C36H60O9. The number of hydrogen-bond donors (Lipinski definition) is 7. The molecule has 0 radical (unpaired) electrons. The molecule has 45 heavy (non-hydrogen) atoms. The van der Waals surface area contributed by atoms with Gasteiger partial charge in [0.15, 0.2) is 6.29 Å². The van der Waals surface area contributed by atoms with Gasteiger partial charge >= 0.3 is 0 Å². The van der Waals surface area contributed by atoms with Crippen molar-refractivity contribution in [2.24, 2.45) is 50.2 Å². The van der Waals surface area contributed by atoms with Crippen LogP contribution in [0.15, 0.2) is 11.6 Å². The summed E-state index contributed by atoms with van der Waals surface area (Å²) in [5, 5.41) is 73.7. The summed E-state index contributed by atoms with van der Waals surface area (Å²) in [6, 6.07) is 0. The molecule has 6 aliphatic rings. The van der Waals surface area contributed by atoms with Crippen LogP contribution in [0.25, 0.3) is 0 Å². The van der Waals surface area contributed by atoms with Crippen LogP contribution in [0.3, 0.4) is 0 Å². The van der Waals surface area contributed by atoms with E-state index in [0.29, 0.717) is 11.8 Å². The fourth-order valence-corrected chi connectivity index (χ4v) is 12.4. The highest BCUT2D eigenvalue weighted by molar-refractivity contribution is 5.35. The van der Waals surface area contributed by atoms with E-state index in [4.69, 9.17) is 9.47 Å². The molecule has 9 nitrogen and oxygen atoms in total. The van der Waals surface area contributed by atoms with E-state index in [1.54, 1.807) is 0 Å². The largest absolute Gasteiger partial charge is 0.396 e. The Hall–Kier alpha value is -0.620. The summed E-state index contributed by atoms with van der Waals surface area (Å²) in [6.45, 7) is 11.5. The monoisotopic (exact) mass is 636 g/mol. The lowest BCUT2D eigenvalue weighted by Gasteiger charge is -2.72. The van der Waals surface area contributed by atoms with Crippen LogP contribution in [0, 0.1) is 50.2 Å². The normalized spacial score (nSPS) is 54.2. The molecule has 0 bridgehead atoms. The van der Waals surface area contributed by atoms with Gasteiger partial charge in [0.05, 0.1) is 19.3 Å². The Balaban J connectivity index is 1.30. The highest BCUT2D eigenvalue weighted by atomic mass is 16.7. The van der Waals surface area contributed by atoms with Crippen molar-refractivity contribution in [2.75, 3.05) is 26.4 Å². The van der Waals surface area contributed by atoms with Gasteiger partial charge in [0.25, 0.3) is 0 Å². The van der Waals surface area contributed by atoms with Crippen LogP contribution in [0.5, 0.6) is 0 Å². The van der Waals surface area contributed by atoms with E-state index in [2.05, 4.69) is 40.7 Å². The molecule has 14 atom stereocenters. The molecule has 0 amide bonds. The number of hydrogen-bond acceptors (Lipinski definition) is 9. The molecule has 0 aromatic carbocycles. The summed E-state index contributed by atoms with van der Waals surface area (Å²) in [6.07, 6.45) is 4.76. The Labute approximate surface area is 269 Å². The van der Waals surface area contributed by atoms with E-state index in [-0.39, 0.29) is 64.3 Å². The molecule has 1 heterocycles. The number of fused-ring (bicyclic) bond motifs is 7. The van der Waals surface area contributed by atoms with Crippen molar-refractivity contribution in [3.63, 3.8) is 0 Å². The third kappa shape index (κ3) is 4.73. The summed E-state index contributed by atoms with van der Waals surface area (Å²) in [4.78, 5) is 0. The molecule has 4 saturated carbocycles. The summed E-state index contributed by atoms with van der Waals surface area (Å²) in [7, 11) is 0. The lowest BCUT2D eigenvalue weighted by Crippen LogP contribution is -2.67. The molecule has 9 heteroatoms. The van der Waals surface area contributed by atoms with Gasteiger partial charge in [-0.3, -0.25) is 0 Å². The molecule has 0 spiro atoms. The van der Waals surface area contributed by atoms with Gasteiger partial charge in [-0.1, -0.05) is 46.3 Å². The van der Waals surface area contributed by atoms with E-state index in [1.807, 2.05) is 0 Å². The Morgan fingerprint density at radius 3 is 2.13 bits per heavy atom. The van der Waals surface area contributed by atoms with E-state index < -0.39 is 37.3 Å². The second-order valence-electron chi connectivity index (χ2n) is 17.6. The molecule has 6 rings (SSSR count). The van der Waals surface area contributed by atoms with Crippen molar-refractivity contribution >= 4 is 0 Å². The predicted molar refractivity (Wildman–Crippen MR) is 168 cm³/mol. The topological polar surface area (TPSA) is 160 Å². The molecule has 1 saturated heterocycles. The molecule has 0 unspecified atom stereocenters. The van der Waals surface area contributed by atoms with E-state index in [0.717, 1.165) is 64.2 Å². The van der Waals surface area contributed by atoms with Crippen molar-refractivity contribution in [1.82, 2.24) is 0 Å². The molecule has 258 valence electrons. The predicted octanol–water partition coefficient (Wildman–Crippen LogP) is 2.91. The third-order valence-electron chi connectivity index (χ3n) is 15.4. The minimum atomic E-state index is -1.47. The quantitative estimate of drug-likeness (QED) is 0.172. The maximum absolute atomic E-state index is 11.5. The average Bonchev–Trinajstić information content (AvgIpc) is 3.02. The van der Waals surface area contributed by atoms with Crippen molar-refractivity contribution in [2.45, 2.75) is 136 Å². The Morgan fingerprint density at radius 2 is 1.49 bits per heavy atom. The smallest absolute Gasteiger partial charge is 0.186 e. The second kappa shape index (κ2) is 11.5. The zero-order chi connectivity index (χ0) is 32.8. The number of allylic oxidation sites excluding steroid dienone is 1. The Morgan fingerprint density at radius 1 is 0.778 bits per heavy atom. The van der Waals surface area contributed by atoms with Crippen LogP contribution in [0.2, 0.25) is 0 Å². The second-order valence-corrected chi connectivity index (χ2v) is 17.6. The zero-order valence-corrected chi connectivity index (χ0v) is 28.1. The summed E-state index contributed by atoms with van der Waals surface area (Å²) < 4.78 is 12.2. The number of aliphatic hydroxyl groups is 7. The van der Waals surface area contributed by atoms with E-state index in [1.165, 1.54) is 5.57 Å². The van der Waals surface area contributed by atoms with Crippen LogP contribution in [0.4, 0.5) is 0 Å². The number of ether oxygens (including phenoxy) is 2. The maximum Gasteiger partial charge on any atom is 0.186 e. The van der Waals surface area contributed by atoms with Crippen molar-refractivity contribution in [1.29, 1.82) is 0 Å². The Bertz CT molecular complexity index is 1140. The average molecular weight is 637 g/mol. The maximum atomic E-state index is 11.5. The first-order valence-corrected chi connectivity index (χ1v) is 17.6. The minimum absolute atomic E-state index is 0.0202. The molecule has 7 N–H and O–H groups in total. The molecule has 5 aliphatic carbocycles. The molecule has 5 fully saturated rings. The first-order valence-electron chi connectivity index (χ1n) is 17.6. The van der Waals surface area contributed by atoms with Crippen molar-refractivity contribution in [3.8, 4) is 0 Å². The van der Waals surface area contributed by atoms with Crippen LogP contribution >= 0.6 is 0 Å². The van der Waals surface area contributed by atoms with Gasteiger partial charge in [-0.2, -0.15) is 0 Å². The van der Waals surface area contributed by atoms with Gasteiger partial charge in [-0.25, -0.2) is 0 Å². The van der Waals surface area contributed by atoms with Gasteiger partial charge in [-0.05, 0) is 104 Å². The molecule has 1 aliphatic heterocycles. The van der Waals surface area contributed by atoms with Gasteiger partial charge < -0.3 is 45.2 Å². The van der Waals surface area contributed by atoms with Crippen LogP contribution < -0.4 is 0 Å². The standard InChI is InChI=1S/C36H60O9/c1-31(2)24-8-11-34(5)25(33(24,4)10-9-26(31)45-30-29(43)28(42)27(41)23(17-37)44-30)7-6-21-22-16-32(3,18-38)12-13-35(22,19-39)14-15-36(21,34)20-40/h6,22-30,37-43H,7-20H2,1-5H3/t22-,23+,24-,25+,26-,27+,28-,29+,30-,32-,33-,34+,35+,36-/m0/s1. The zero-order valence-electron chi connectivity index (χ0n) is 28.1. The summed E-state index contributed by atoms with van der Waals surface area (Å²) in [5.41, 5.74) is 0.229. The van der Waals surface area contributed by atoms with Crippen LogP contribution in [-0.4, -0.2) is 99.0 Å². The Kier molecular flexibility index (Phi) is 8.74. The summed E-state index contributed by atoms with van der Waals surface area (Å²) in [5.74, 6) is 0.822. The van der Waals surface area contributed by atoms with Crippen molar-refractivity contribution < 1.29 is 45.2 Å². The molecule has 0 aromatic heterocycles. The van der Waals surface area contributed by atoms with Crippen molar-refractivity contribution in [3.05, 3.63) is 11.6 Å². The van der Waals surface area contributed by atoms with Gasteiger partial charge in [0.2, 0.25) is 0 Å². The van der Waals surface area contributed by atoms with Gasteiger partial charge in [-0.15, -0.1) is 0 Å². The third-order valence-corrected chi connectivity index (χ3v) is 15.4. The molecular weight excluding hydrogens is 576 g/mol. The van der Waals surface area contributed by atoms with Crippen LogP contribution in [0.1, 0.15) is 98.8 Å². The SMILES string of the molecule is CC1(C)[C@@H](O[C@@H]2O[C@H](CO)[C@@H](O)[C@H](O)[C@H]2O)CC[C@]2(C)[C@H]3CC=C4[C@@H]5C[C@@](C)(CO)CC[C@]5(CO)CC[C@@]4(CO)[C@]3(C)CC[C@@H]12. The van der Waals surface area contributed by atoms with Crippen LogP contribution in [-0.2, 0) is 9.47 Å². The minimum Gasteiger partial charge on any atom is -0.396 e. The first kappa shape index (κ1) is 34.3. The van der Waals surface area contributed by atoms with E-state index in [9.17, 15) is 35.7 Å².